The molecule has 0 heterocycles. The molecule has 16 heavy (non-hydrogen) atoms. The Morgan fingerprint density at radius 3 is 2.62 bits per heavy atom. The summed E-state index contributed by atoms with van der Waals surface area (Å²) in [7, 11) is 0. The van der Waals surface area contributed by atoms with Crippen LogP contribution in [0.15, 0.2) is 24.3 Å². The molecule has 0 aromatic heterocycles. The Labute approximate surface area is 94.4 Å². The van der Waals surface area contributed by atoms with Crippen molar-refractivity contribution in [1.82, 2.24) is 0 Å². The van der Waals surface area contributed by atoms with E-state index in [-0.39, 0.29) is 5.82 Å². The molecule has 0 N–H and O–H groups in total. The van der Waals surface area contributed by atoms with Crippen LogP contribution in [0.1, 0.15) is 26.3 Å². The van der Waals surface area contributed by atoms with Crippen molar-refractivity contribution in [2.45, 2.75) is 26.4 Å². The van der Waals surface area contributed by atoms with Crippen molar-refractivity contribution in [3.63, 3.8) is 0 Å². The molecule has 0 amide bonds. The van der Waals surface area contributed by atoms with Gasteiger partial charge in [-0.05, 0) is 39.0 Å². The van der Waals surface area contributed by atoms with Crippen LogP contribution in [0.4, 0.5) is 4.39 Å². The van der Waals surface area contributed by atoms with Crippen molar-refractivity contribution in [1.29, 1.82) is 0 Å². The van der Waals surface area contributed by atoms with E-state index in [0.29, 0.717) is 5.56 Å². The van der Waals surface area contributed by atoms with Gasteiger partial charge < -0.3 is 4.74 Å². The number of carbonyl (C=O) groups excluding carboxylic acids is 1. The fourth-order valence-electron chi connectivity index (χ4n) is 0.993. The van der Waals surface area contributed by atoms with Crippen LogP contribution in [-0.2, 0) is 9.53 Å². The van der Waals surface area contributed by atoms with E-state index in [1.807, 2.05) is 0 Å². The lowest BCUT2D eigenvalue weighted by Gasteiger charge is -2.16. The third-order valence-corrected chi connectivity index (χ3v) is 1.53. The molecule has 0 saturated heterocycles. The second-order valence-electron chi connectivity index (χ2n) is 4.26. The van der Waals surface area contributed by atoms with Crippen molar-refractivity contribution in [2.75, 3.05) is 0 Å². The maximum absolute atomic E-state index is 12.8. The summed E-state index contributed by atoms with van der Waals surface area (Å²) in [5, 5.41) is 0. The molecule has 0 aliphatic rings. The molecule has 0 radical (unpaired) electrons. The first kappa shape index (κ1) is 12.3. The molecule has 0 spiro atoms. The van der Waals surface area contributed by atoms with Crippen molar-refractivity contribution in [3.05, 3.63) is 35.6 Å². The van der Waals surface area contributed by atoms with Gasteiger partial charge in [-0.15, -0.1) is 0 Å². The van der Waals surface area contributed by atoms with Gasteiger partial charge in [0, 0.05) is 11.5 Å². The average molecular weight is 220 g/mol. The van der Waals surface area contributed by atoms with Crippen LogP contribution in [0.5, 0.6) is 0 Å². The minimum Gasteiger partial charge on any atom is -0.450 e. The number of rotatable bonds is 0. The normalized spacial score (nSPS) is 10.2. The maximum atomic E-state index is 12.8. The number of hydrogen-bond acceptors (Lipinski definition) is 2. The van der Waals surface area contributed by atoms with Gasteiger partial charge in [-0.3, -0.25) is 0 Å². The first-order valence-electron chi connectivity index (χ1n) is 4.87. The van der Waals surface area contributed by atoms with Gasteiger partial charge in [0.05, 0.1) is 0 Å². The fourth-order valence-corrected chi connectivity index (χ4v) is 0.993. The Bertz CT molecular complexity index is 447. The Morgan fingerprint density at radius 1 is 1.38 bits per heavy atom. The van der Waals surface area contributed by atoms with Gasteiger partial charge in [-0.2, -0.15) is 0 Å². The lowest BCUT2D eigenvalue weighted by Crippen LogP contribution is -2.22. The molecule has 1 aromatic rings. The van der Waals surface area contributed by atoms with Crippen molar-refractivity contribution in [3.8, 4) is 11.8 Å². The highest BCUT2D eigenvalue weighted by Gasteiger charge is 2.14. The van der Waals surface area contributed by atoms with E-state index in [4.69, 9.17) is 4.74 Å². The Morgan fingerprint density at radius 2 is 2.06 bits per heavy atom. The van der Waals surface area contributed by atoms with Crippen LogP contribution >= 0.6 is 0 Å². The first-order valence-corrected chi connectivity index (χ1v) is 4.87. The van der Waals surface area contributed by atoms with Crippen LogP contribution < -0.4 is 0 Å². The summed E-state index contributed by atoms with van der Waals surface area (Å²) in [6.45, 7) is 5.28. The summed E-state index contributed by atoms with van der Waals surface area (Å²) < 4.78 is 17.8. The molecule has 0 atom stereocenters. The average Bonchev–Trinajstić information content (AvgIpc) is 2.12. The molecule has 3 heteroatoms. The molecular weight excluding hydrogens is 207 g/mol. The molecular formula is C13H13FO2. The van der Waals surface area contributed by atoms with E-state index < -0.39 is 11.6 Å². The smallest absolute Gasteiger partial charge is 0.385 e. The van der Waals surface area contributed by atoms with Gasteiger partial charge in [0.1, 0.15) is 11.4 Å². The van der Waals surface area contributed by atoms with E-state index in [1.54, 1.807) is 26.8 Å². The second-order valence-corrected chi connectivity index (χ2v) is 4.26. The highest BCUT2D eigenvalue weighted by Crippen LogP contribution is 2.06. The highest BCUT2D eigenvalue weighted by atomic mass is 19.1. The molecule has 0 aliphatic heterocycles. The van der Waals surface area contributed by atoms with E-state index in [0.717, 1.165) is 0 Å². The Balaban J connectivity index is 2.71. The molecule has 0 bridgehead atoms. The van der Waals surface area contributed by atoms with Crippen LogP contribution in [0.3, 0.4) is 0 Å². The Kier molecular flexibility index (Phi) is 3.68. The zero-order chi connectivity index (χ0) is 12.2. The molecule has 0 unspecified atom stereocenters. The van der Waals surface area contributed by atoms with E-state index in [9.17, 15) is 9.18 Å². The fraction of sp³-hybridized carbons (Fsp3) is 0.308. The molecule has 2 nitrogen and oxygen atoms in total. The monoisotopic (exact) mass is 220 g/mol. The maximum Gasteiger partial charge on any atom is 0.385 e. The van der Waals surface area contributed by atoms with Crippen molar-refractivity contribution in [2.24, 2.45) is 0 Å². The van der Waals surface area contributed by atoms with E-state index >= 15 is 0 Å². The third-order valence-electron chi connectivity index (χ3n) is 1.53. The minimum atomic E-state index is -0.614. The quantitative estimate of drug-likeness (QED) is 0.496. The molecule has 1 rings (SSSR count). The number of halogens is 1. The topological polar surface area (TPSA) is 26.3 Å². The van der Waals surface area contributed by atoms with Gasteiger partial charge in [-0.1, -0.05) is 12.0 Å². The number of benzene rings is 1. The van der Waals surface area contributed by atoms with Gasteiger partial charge in [0.25, 0.3) is 0 Å². The SMILES string of the molecule is CC(C)(C)OC(=O)C#Cc1cccc(F)c1. The summed E-state index contributed by atoms with van der Waals surface area (Å²) in [6.07, 6.45) is 0. The summed E-state index contributed by atoms with van der Waals surface area (Å²) in [4.78, 5) is 11.2. The number of esters is 1. The Hall–Kier alpha value is -1.82. The van der Waals surface area contributed by atoms with Gasteiger partial charge in [0.15, 0.2) is 0 Å². The molecule has 0 aliphatic carbocycles. The van der Waals surface area contributed by atoms with Gasteiger partial charge >= 0.3 is 5.97 Å². The van der Waals surface area contributed by atoms with E-state index in [2.05, 4.69) is 11.8 Å². The number of carbonyl (C=O) groups is 1. The summed E-state index contributed by atoms with van der Waals surface area (Å²) in [6, 6.07) is 5.74. The van der Waals surface area contributed by atoms with Crippen LogP contribution in [-0.4, -0.2) is 11.6 Å². The van der Waals surface area contributed by atoms with Crippen LogP contribution in [0.25, 0.3) is 0 Å². The predicted molar refractivity (Wildman–Crippen MR) is 59.1 cm³/mol. The number of hydrogen-bond donors (Lipinski definition) is 0. The number of ether oxygens (including phenoxy) is 1. The third kappa shape index (κ3) is 4.61. The van der Waals surface area contributed by atoms with Crippen molar-refractivity contribution < 1.29 is 13.9 Å². The van der Waals surface area contributed by atoms with Crippen LogP contribution in [0.2, 0.25) is 0 Å². The van der Waals surface area contributed by atoms with Crippen molar-refractivity contribution >= 4 is 5.97 Å². The van der Waals surface area contributed by atoms with Gasteiger partial charge in [-0.25, -0.2) is 9.18 Å². The molecule has 0 saturated carbocycles. The second kappa shape index (κ2) is 4.80. The lowest BCUT2D eigenvalue weighted by molar-refractivity contribution is -0.147. The molecule has 0 fully saturated rings. The zero-order valence-electron chi connectivity index (χ0n) is 9.50. The van der Waals surface area contributed by atoms with Gasteiger partial charge in [0.2, 0.25) is 0 Å². The van der Waals surface area contributed by atoms with E-state index in [1.165, 1.54) is 18.2 Å². The standard InChI is InChI=1S/C13H13FO2/c1-13(2,3)16-12(15)8-7-10-5-4-6-11(14)9-10/h4-6,9H,1-3H3. The summed E-state index contributed by atoms with van der Waals surface area (Å²) in [5.74, 6) is 3.86. The lowest BCUT2D eigenvalue weighted by atomic mass is 10.2. The highest BCUT2D eigenvalue weighted by molar-refractivity contribution is 5.89. The largest absolute Gasteiger partial charge is 0.450 e. The zero-order valence-corrected chi connectivity index (χ0v) is 9.50. The molecule has 84 valence electrons. The summed E-state index contributed by atoms with van der Waals surface area (Å²) in [5.41, 5.74) is -0.112. The summed E-state index contributed by atoms with van der Waals surface area (Å²) >= 11 is 0. The predicted octanol–water partition coefficient (Wildman–Crippen LogP) is 2.52. The minimum absolute atomic E-state index is 0.379. The molecule has 1 aromatic carbocycles. The first-order chi connectivity index (χ1) is 7.37. The van der Waals surface area contributed by atoms with Crippen LogP contribution in [0, 0.1) is 17.7 Å².